The molecule has 1 aliphatic rings. The molecule has 0 aromatic heterocycles. The number of imide groups is 1. The van der Waals surface area contributed by atoms with Gasteiger partial charge in [0, 0.05) is 31.6 Å². The van der Waals surface area contributed by atoms with Crippen molar-refractivity contribution in [3.05, 3.63) is 59.2 Å². The monoisotopic (exact) mass is 381 g/mol. The number of rotatable bonds is 7. The number of carbonyl (C=O) groups is 3. The number of nitrogens with zero attached hydrogens (tertiary/aromatic N) is 1. The molecule has 0 saturated carbocycles. The van der Waals surface area contributed by atoms with E-state index in [2.05, 4.69) is 17.6 Å². The molecule has 4 amide bonds. The first kappa shape index (κ1) is 19.6. The number of hydrogen-bond donors (Lipinski definition) is 2. The van der Waals surface area contributed by atoms with Crippen LogP contribution in [0.5, 0.6) is 0 Å². The van der Waals surface area contributed by atoms with Gasteiger partial charge in [0.05, 0.1) is 11.1 Å². The normalized spacial score (nSPS) is 12.9. The Kier molecular flexibility index (Phi) is 6.06. The maximum atomic E-state index is 12.5. The van der Waals surface area contributed by atoms with Gasteiger partial charge in [0.1, 0.15) is 0 Å². The van der Waals surface area contributed by atoms with Gasteiger partial charge in [-0.15, -0.1) is 0 Å². The van der Waals surface area contributed by atoms with E-state index in [1.54, 1.807) is 19.2 Å². The lowest BCUT2D eigenvalue weighted by Crippen LogP contribution is -2.31. The fraction of sp³-hybridized carbons (Fsp3) is 0.286. The Morgan fingerprint density at radius 3 is 2.29 bits per heavy atom. The maximum absolute atomic E-state index is 12.5. The molecule has 146 valence electrons. The quantitative estimate of drug-likeness (QED) is 0.567. The average Bonchev–Trinajstić information content (AvgIpc) is 2.93. The topological polar surface area (TPSA) is 87.7 Å². The van der Waals surface area contributed by atoms with Crippen LogP contribution in [0.15, 0.2) is 42.5 Å². The Hall–Kier alpha value is -3.19. The molecule has 0 atom stereocenters. The third-order valence-electron chi connectivity index (χ3n) is 4.58. The van der Waals surface area contributed by atoms with Crippen LogP contribution in [-0.2, 0) is 11.2 Å². The number of hydrogen-bond acceptors (Lipinski definition) is 4. The number of aryl methyl sites for hydroxylation is 1. The van der Waals surface area contributed by atoms with E-state index in [1.807, 2.05) is 24.3 Å². The fourth-order valence-corrected chi connectivity index (χ4v) is 3.06. The van der Waals surface area contributed by atoms with Crippen molar-refractivity contribution >= 4 is 29.2 Å². The number of ether oxygens (including phenoxy) is 1. The number of fused-ring (bicyclic) bond motifs is 1. The van der Waals surface area contributed by atoms with Gasteiger partial charge in [-0.2, -0.15) is 0 Å². The zero-order valence-corrected chi connectivity index (χ0v) is 16.0. The first-order valence-electron chi connectivity index (χ1n) is 9.19. The SMILES string of the molecule is CCc1ccc(NC(=O)Nc2ccc3c(c2)C(=O)N(CCCOC)C3=O)cc1. The molecular weight excluding hydrogens is 358 g/mol. The number of anilines is 2. The van der Waals surface area contributed by atoms with Gasteiger partial charge in [-0.25, -0.2) is 4.79 Å². The Morgan fingerprint density at radius 1 is 0.964 bits per heavy atom. The minimum absolute atomic E-state index is 0.299. The summed E-state index contributed by atoms with van der Waals surface area (Å²) in [4.78, 5) is 38.4. The van der Waals surface area contributed by atoms with Gasteiger partial charge in [-0.05, 0) is 48.7 Å². The summed E-state index contributed by atoms with van der Waals surface area (Å²) in [5.74, 6) is -0.668. The standard InChI is InChI=1S/C21H23N3O4/c1-3-14-5-7-15(8-6-14)22-21(27)23-16-9-10-17-18(13-16)20(26)24(19(17)25)11-4-12-28-2/h5-10,13H,3-4,11-12H2,1-2H3,(H2,22,23,27). The highest BCUT2D eigenvalue weighted by Crippen LogP contribution is 2.26. The summed E-state index contributed by atoms with van der Waals surface area (Å²) in [6.45, 7) is 2.84. The number of nitrogens with one attached hydrogen (secondary N) is 2. The molecule has 0 aliphatic carbocycles. The van der Waals surface area contributed by atoms with Crippen molar-refractivity contribution in [1.82, 2.24) is 4.90 Å². The molecule has 0 bridgehead atoms. The molecule has 2 aromatic carbocycles. The molecule has 28 heavy (non-hydrogen) atoms. The lowest BCUT2D eigenvalue weighted by atomic mass is 10.1. The van der Waals surface area contributed by atoms with Crippen molar-refractivity contribution in [1.29, 1.82) is 0 Å². The van der Waals surface area contributed by atoms with E-state index in [9.17, 15) is 14.4 Å². The van der Waals surface area contributed by atoms with Gasteiger partial charge in [0.15, 0.2) is 0 Å². The van der Waals surface area contributed by atoms with E-state index >= 15 is 0 Å². The fourth-order valence-electron chi connectivity index (χ4n) is 3.06. The lowest BCUT2D eigenvalue weighted by Gasteiger charge is -2.12. The second kappa shape index (κ2) is 8.67. The molecular formula is C21H23N3O4. The summed E-state index contributed by atoms with van der Waals surface area (Å²) in [5.41, 5.74) is 2.95. The maximum Gasteiger partial charge on any atom is 0.323 e. The Morgan fingerprint density at radius 2 is 1.61 bits per heavy atom. The molecule has 7 heteroatoms. The largest absolute Gasteiger partial charge is 0.385 e. The molecule has 1 aliphatic heterocycles. The number of methoxy groups -OCH3 is 1. The van der Waals surface area contributed by atoms with E-state index in [0.29, 0.717) is 42.1 Å². The predicted octanol–water partition coefficient (Wildman–Crippen LogP) is 3.53. The number of urea groups is 1. The van der Waals surface area contributed by atoms with Crippen LogP contribution < -0.4 is 10.6 Å². The number of benzene rings is 2. The van der Waals surface area contributed by atoms with Crippen LogP contribution in [0.25, 0.3) is 0 Å². The first-order chi connectivity index (χ1) is 13.5. The molecule has 3 rings (SSSR count). The minimum atomic E-state index is -0.419. The lowest BCUT2D eigenvalue weighted by molar-refractivity contribution is 0.0638. The smallest absolute Gasteiger partial charge is 0.323 e. The highest BCUT2D eigenvalue weighted by atomic mass is 16.5. The third kappa shape index (κ3) is 4.20. The molecule has 0 saturated heterocycles. The van der Waals surface area contributed by atoms with Crippen LogP contribution in [0, 0.1) is 0 Å². The zero-order chi connectivity index (χ0) is 20.1. The van der Waals surface area contributed by atoms with Crippen molar-refractivity contribution in [2.45, 2.75) is 19.8 Å². The summed E-state index contributed by atoms with van der Waals surface area (Å²) < 4.78 is 4.97. The zero-order valence-electron chi connectivity index (χ0n) is 16.0. The number of amides is 4. The van der Waals surface area contributed by atoms with Crippen LogP contribution >= 0.6 is 0 Å². The molecule has 0 unspecified atom stereocenters. The van der Waals surface area contributed by atoms with Crippen molar-refractivity contribution in [3.8, 4) is 0 Å². The summed E-state index contributed by atoms with van der Waals surface area (Å²) in [6.07, 6.45) is 1.50. The van der Waals surface area contributed by atoms with Crippen molar-refractivity contribution < 1.29 is 19.1 Å². The molecule has 2 N–H and O–H groups in total. The van der Waals surface area contributed by atoms with E-state index < -0.39 is 6.03 Å². The Labute approximate surface area is 163 Å². The van der Waals surface area contributed by atoms with Crippen molar-refractivity contribution in [3.63, 3.8) is 0 Å². The summed E-state index contributed by atoms with van der Waals surface area (Å²) in [5, 5.41) is 5.45. The van der Waals surface area contributed by atoms with Crippen molar-refractivity contribution in [2.24, 2.45) is 0 Å². The van der Waals surface area contributed by atoms with Crippen LogP contribution in [0.1, 0.15) is 39.6 Å². The van der Waals surface area contributed by atoms with E-state index in [0.717, 1.165) is 6.42 Å². The highest BCUT2D eigenvalue weighted by molar-refractivity contribution is 6.22. The molecule has 7 nitrogen and oxygen atoms in total. The van der Waals surface area contributed by atoms with Gasteiger partial charge in [0.2, 0.25) is 0 Å². The van der Waals surface area contributed by atoms with Crippen LogP contribution in [0.3, 0.4) is 0 Å². The van der Waals surface area contributed by atoms with Gasteiger partial charge in [-0.1, -0.05) is 19.1 Å². The molecule has 0 spiro atoms. The molecule has 0 radical (unpaired) electrons. The van der Waals surface area contributed by atoms with Gasteiger partial charge in [0.25, 0.3) is 11.8 Å². The van der Waals surface area contributed by atoms with Gasteiger partial charge < -0.3 is 15.4 Å². The second-order valence-electron chi connectivity index (χ2n) is 6.50. The Balaban J connectivity index is 1.66. The summed E-state index contributed by atoms with van der Waals surface area (Å²) >= 11 is 0. The molecule has 2 aromatic rings. The average molecular weight is 381 g/mol. The second-order valence-corrected chi connectivity index (χ2v) is 6.50. The van der Waals surface area contributed by atoms with Crippen molar-refractivity contribution in [2.75, 3.05) is 30.9 Å². The van der Waals surface area contributed by atoms with E-state index in [-0.39, 0.29) is 11.8 Å². The highest BCUT2D eigenvalue weighted by Gasteiger charge is 2.35. The third-order valence-corrected chi connectivity index (χ3v) is 4.58. The molecule has 0 fully saturated rings. The van der Waals surface area contributed by atoms with E-state index in [1.165, 1.54) is 16.5 Å². The van der Waals surface area contributed by atoms with Crippen LogP contribution in [0.4, 0.5) is 16.2 Å². The minimum Gasteiger partial charge on any atom is -0.385 e. The van der Waals surface area contributed by atoms with Crippen LogP contribution in [0.2, 0.25) is 0 Å². The van der Waals surface area contributed by atoms with Crippen LogP contribution in [-0.4, -0.2) is 43.0 Å². The number of carbonyl (C=O) groups excluding carboxylic acids is 3. The van der Waals surface area contributed by atoms with Gasteiger partial charge >= 0.3 is 6.03 Å². The predicted molar refractivity (Wildman–Crippen MR) is 107 cm³/mol. The Bertz CT molecular complexity index is 893. The van der Waals surface area contributed by atoms with Gasteiger partial charge in [-0.3, -0.25) is 14.5 Å². The summed E-state index contributed by atoms with van der Waals surface area (Å²) in [6, 6.07) is 11.9. The first-order valence-corrected chi connectivity index (χ1v) is 9.19. The summed E-state index contributed by atoms with van der Waals surface area (Å²) in [7, 11) is 1.57. The van der Waals surface area contributed by atoms with E-state index in [4.69, 9.17) is 4.74 Å². The molecule has 1 heterocycles.